The van der Waals surface area contributed by atoms with E-state index in [-0.39, 0.29) is 6.10 Å². The summed E-state index contributed by atoms with van der Waals surface area (Å²) < 4.78 is 6.06. The average Bonchev–Trinajstić information content (AvgIpc) is 2.45. The maximum absolute atomic E-state index is 6.06. The molecule has 3 unspecified atom stereocenters. The molecule has 114 valence electrons. The van der Waals surface area contributed by atoms with Crippen LogP contribution in [0.2, 0.25) is 0 Å². The summed E-state index contributed by atoms with van der Waals surface area (Å²) >= 11 is 0. The molecule has 2 nitrogen and oxygen atoms in total. The lowest BCUT2D eigenvalue weighted by molar-refractivity contribution is 0.0270. The Balaban J connectivity index is 2.82. The number of benzene rings is 1. The fraction of sp³-hybridized carbons (Fsp3) is 0.667. The van der Waals surface area contributed by atoms with Gasteiger partial charge in [0.15, 0.2) is 0 Å². The molecule has 0 fully saturated rings. The summed E-state index contributed by atoms with van der Waals surface area (Å²) in [5.41, 5.74) is 1.28. The summed E-state index contributed by atoms with van der Waals surface area (Å²) in [4.78, 5) is 0. The van der Waals surface area contributed by atoms with Gasteiger partial charge in [0.2, 0.25) is 0 Å². The maximum Gasteiger partial charge on any atom is 0.0977 e. The molecule has 0 aliphatic carbocycles. The lowest BCUT2D eigenvalue weighted by Gasteiger charge is -2.30. The minimum Gasteiger partial charge on any atom is -0.372 e. The molecule has 1 rings (SSSR count). The Morgan fingerprint density at radius 3 is 2.35 bits per heavy atom. The van der Waals surface area contributed by atoms with Gasteiger partial charge in [-0.15, -0.1) is 0 Å². The van der Waals surface area contributed by atoms with Crippen LogP contribution in [0.4, 0.5) is 0 Å². The second kappa shape index (κ2) is 9.95. The number of hydrogen-bond donors (Lipinski definition) is 1. The van der Waals surface area contributed by atoms with Gasteiger partial charge >= 0.3 is 0 Å². The van der Waals surface area contributed by atoms with E-state index in [9.17, 15) is 0 Å². The van der Waals surface area contributed by atoms with Crippen molar-refractivity contribution in [3.63, 3.8) is 0 Å². The van der Waals surface area contributed by atoms with E-state index in [1.165, 1.54) is 24.8 Å². The highest BCUT2D eigenvalue weighted by atomic mass is 16.5. The summed E-state index contributed by atoms with van der Waals surface area (Å²) in [6.07, 6.45) is 3.86. The number of rotatable bonds is 10. The third kappa shape index (κ3) is 5.64. The molecule has 0 saturated carbocycles. The molecule has 0 aliphatic heterocycles. The molecule has 3 atom stereocenters. The van der Waals surface area contributed by atoms with Crippen molar-refractivity contribution in [2.24, 2.45) is 5.92 Å². The van der Waals surface area contributed by atoms with Gasteiger partial charge < -0.3 is 10.1 Å². The van der Waals surface area contributed by atoms with E-state index < -0.39 is 0 Å². The molecule has 2 heteroatoms. The quantitative estimate of drug-likeness (QED) is 0.676. The Labute approximate surface area is 124 Å². The molecule has 1 N–H and O–H groups in total. The molecule has 0 aliphatic rings. The average molecular weight is 277 g/mol. The van der Waals surface area contributed by atoms with Crippen LogP contribution in [-0.4, -0.2) is 19.2 Å². The van der Waals surface area contributed by atoms with Crippen molar-refractivity contribution >= 4 is 0 Å². The molecule has 0 radical (unpaired) electrons. The first-order valence-corrected chi connectivity index (χ1v) is 8.12. The van der Waals surface area contributed by atoms with E-state index in [1.807, 2.05) is 0 Å². The molecule has 0 heterocycles. The van der Waals surface area contributed by atoms with Crippen LogP contribution in [0.3, 0.4) is 0 Å². The van der Waals surface area contributed by atoms with Crippen molar-refractivity contribution in [1.29, 1.82) is 0 Å². The second-order valence-corrected chi connectivity index (χ2v) is 5.58. The highest BCUT2D eigenvalue weighted by Gasteiger charge is 2.24. The molecule has 0 amide bonds. The summed E-state index contributed by atoms with van der Waals surface area (Å²) in [7, 11) is 0. The fourth-order valence-electron chi connectivity index (χ4n) is 2.89. The van der Waals surface area contributed by atoms with Crippen LogP contribution in [-0.2, 0) is 4.74 Å². The summed E-state index contributed by atoms with van der Waals surface area (Å²) in [5.74, 6) is 0.732. The van der Waals surface area contributed by atoms with Crippen LogP contribution in [0.25, 0.3) is 0 Å². The Kier molecular flexibility index (Phi) is 8.56. The Morgan fingerprint density at radius 2 is 1.80 bits per heavy atom. The Hall–Kier alpha value is -0.860. The number of nitrogens with one attached hydrogen (secondary N) is 1. The fourth-order valence-corrected chi connectivity index (χ4v) is 2.89. The molecule has 20 heavy (non-hydrogen) atoms. The van der Waals surface area contributed by atoms with Crippen molar-refractivity contribution in [2.45, 2.75) is 59.1 Å². The standard InChI is InChI=1S/C18H31NO/c1-5-11-15(4)14-17(19-6-2)18(20-7-3)16-12-9-8-10-13-16/h8-10,12-13,15,17-19H,5-7,11,14H2,1-4H3. The maximum atomic E-state index is 6.06. The predicted molar refractivity (Wildman–Crippen MR) is 87.0 cm³/mol. The Bertz CT molecular complexity index is 339. The van der Waals surface area contributed by atoms with Crippen LogP contribution in [0.15, 0.2) is 30.3 Å². The van der Waals surface area contributed by atoms with Crippen molar-refractivity contribution in [1.82, 2.24) is 5.32 Å². The van der Waals surface area contributed by atoms with E-state index in [0.717, 1.165) is 19.1 Å². The lowest BCUT2D eigenvalue weighted by atomic mass is 9.91. The van der Waals surface area contributed by atoms with Gasteiger partial charge in [-0.3, -0.25) is 0 Å². The van der Waals surface area contributed by atoms with E-state index in [1.54, 1.807) is 0 Å². The van der Waals surface area contributed by atoms with Crippen LogP contribution < -0.4 is 5.32 Å². The van der Waals surface area contributed by atoms with Gasteiger partial charge in [0.1, 0.15) is 0 Å². The summed E-state index contributed by atoms with van der Waals surface area (Å²) in [5, 5.41) is 3.63. The largest absolute Gasteiger partial charge is 0.372 e. The van der Waals surface area contributed by atoms with Crippen LogP contribution in [0, 0.1) is 5.92 Å². The summed E-state index contributed by atoms with van der Waals surface area (Å²) in [6, 6.07) is 11.0. The number of likely N-dealkylation sites (N-methyl/N-ethyl adjacent to an activating group) is 1. The molecule has 1 aromatic rings. The van der Waals surface area contributed by atoms with Gasteiger partial charge in [0, 0.05) is 12.6 Å². The van der Waals surface area contributed by atoms with Gasteiger partial charge in [0.25, 0.3) is 0 Å². The zero-order valence-corrected chi connectivity index (χ0v) is 13.6. The minimum absolute atomic E-state index is 0.153. The van der Waals surface area contributed by atoms with Crippen molar-refractivity contribution < 1.29 is 4.74 Å². The first-order valence-electron chi connectivity index (χ1n) is 8.12. The molecule has 0 saturated heterocycles. The van der Waals surface area contributed by atoms with E-state index in [0.29, 0.717) is 6.04 Å². The Morgan fingerprint density at radius 1 is 1.10 bits per heavy atom. The SMILES string of the molecule is CCCC(C)CC(NCC)C(OCC)c1ccccc1. The molecule has 1 aromatic carbocycles. The molecule has 0 spiro atoms. The topological polar surface area (TPSA) is 21.3 Å². The minimum atomic E-state index is 0.153. The highest BCUT2D eigenvalue weighted by molar-refractivity contribution is 5.19. The van der Waals surface area contributed by atoms with Crippen LogP contribution >= 0.6 is 0 Å². The third-order valence-corrected chi connectivity index (χ3v) is 3.74. The normalized spacial score (nSPS) is 15.8. The highest BCUT2D eigenvalue weighted by Crippen LogP contribution is 2.26. The zero-order valence-electron chi connectivity index (χ0n) is 13.6. The smallest absolute Gasteiger partial charge is 0.0977 e. The van der Waals surface area contributed by atoms with Gasteiger partial charge in [-0.05, 0) is 31.4 Å². The molecule has 0 aromatic heterocycles. The van der Waals surface area contributed by atoms with Gasteiger partial charge in [0.05, 0.1) is 6.10 Å². The van der Waals surface area contributed by atoms with Gasteiger partial charge in [-0.25, -0.2) is 0 Å². The second-order valence-electron chi connectivity index (χ2n) is 5.58. The van der Waals surface area contributed by atoms with Gasteiger partial charge in [-0.2, -0.15) is 0 Å². The monoisotopic (exact) mass is 277 g/mol. The molecule has 0 bridgehead atoms. The predicted octanol–water partition coefficient (Wildman–Crippen LogP) is 4.57. The van der Waals surface area contributed by atoms with Crippen molar-refractivity contribution in [3.05, 3.63) is 35.9 Å². The lowest BCUT2D eigenvalue weighted by Crippen LogP contribution is -2.37. The third-order valence-electron chi connectivity index (χ3n) is 3.74. The van der Waals surface area contributed by atoms with E-state index >= 15 is 0 Å². The van der Waals surface area contributed by atoms with Crippen LogP contribution in [0.5, 0.6) is 0 Å². The first kappa shape index (κ1) is 17.2. The first-order chi connectivity index (χ1) is 9.72. The van der Waals surface area contributed by atoms with Gasteiger partial charge in [-0.1, -0.05) is 63.9 Å². The number of hydrogen-bond acceptors (Lipinski definition) is 2. The summed E-state index contributed by atoms with van der Waals surface area (Å²) in [6.45, 7) is 10.6. The van der Waals surface area contributed by atoms with E-state index in [2.05, 4.69) is 63.3 Å². The van der Waals surface area contributed by atoms with Crippen molar-refractivity contribution in [2.75, 3.05) is 13.2 Å². The number of ether oxygens (including phenoxy) is 1. The van der Waals surface area contributed by atoms with Crippen molar-refractivity contribution in [3.8, 4) is 0 Å². The molecular formula is C18H31NO. The van der Waals surface area contributed by atoms with Crippen LogP contribution in [0.1, 0.15) is 58.6 Å². The zero-order chi connectivity index (χ0) is 14.8. The van der Waals surface area contributed by atoms with E-state index in [4.69, 9.17) is 4.74 Å². The molecular weight excluding hydrogens is 246 g/mol.